The molecule has 6 nitrogen and oxygen atoms in total. The number of nitrogens with one attached hydrogen (secondary N) is 1. The van der Waals surface area contributed by atoms with Gasteiger partial charge < -0.3 is 9.55 Å². The Morgan fingerprint density at radius 2 is 1.85 bits per heavy atom. The zero-order valence-corrected chi connectivity index (χ0v) is 24.6. The summed E-state index contributed by atoms with van der Waals surface area (Å²) in [5, 5.41) is 0.485. The normalized spacial score (nSPS) is 20.4. The Bertz CT molecular complexity index is 1690. The zero-order valence-electron chi connectivity index (χ0n) is 23.1. The molecule has 1 amide bonds. The van der Waals surface area contributed by atoms with E-state index in [0.717, 1.165) is 51.0 Å². The van der Waals surface area contributed by atoms with Gasteiger partial charge >= 0.3 is 0 Å². The molecular weight excluding hydrogens is 541 g/mol. The monoisotopic (exact) mass is 571 g/mol. The molecule has 0 spiro atoms. The van der Waals surface area contributed by atoms with Crippen LogP contribution in [0.4, 0.5) is 5.69 Å². The molecule has 0 saturated carbocycles. The van der Waals surface area contributed by atoms with Crippen molar-refractivity contribution in [1.29, 1.82) is 0 Å². The lowest BCUT2D eigenvalue weighted by molar-refractivity contribution is 0.0989. The number of rotatable bonds is 5. The molecule has 2 aliphatic rings. The van der Waals surface area contributed by atoms with E-state index in [-0.39, 0.29) is 29.3 Å². The van der Waals surface area contributed by atoms with Crippen molar-refractivity contribution in [2.45, 2.75) is 52.1 Å². The van der Waals surface area contributed by atoms with Crippen LogP contribution in [0.15, 0.2) is 72.5 Å². The van der Waals surface area contributed by atoms with Crippen molar-refractivity contribution in [1.82, 2.24) is 19.5 Å². The third-order valence-electron chi connectivity index (χ3n) is 7.71. The van der Waals surface area contributed by atoms with Gasteiger partial charge in [-0.3, -0.25) is 9.69 Å². The Morgan fingerprint density at radius 1 is 1.07 bits per heavy atom. The average Bonchev–Trinajstić information content (AvgIpc) is 3.61. The van der Waals surface area contributed by atoms with Crippen molar-refractivity contribution in [2.75, 3.05) is 4.90 Å². The maximum Gasteiger partial charge on any atom is 0.279 e. The average molecular weight is 573 g/mol. The van der Waals surface area contributed by atoms with E-state index in [1.807, 2.05) is 67.4 Å². The fourth-order valence-electron chi connectivity index (χ4n) is 5.75. The Balaban J connectivity index is 1.56. The molecule has 2 aromatic heterocycles. The van der Waals surface area contributed by atoms with Gasteiger partial charge in [-0.15, -0.1) is 11.6 Å². The standard InChI is InChI=1S/C32H31Cl2N5O/c1-17(2)38-30-28(37-31(38)23-8-6-7-21(14-23)26-16-35-20(5)36-26)32(40)39(27-15-24(33)11-9-18(27)3)29(30)22-10-12-25(34)19(4)13-22/h6-17,19,25,29H,1-5H3,(H,35,36). The highest BCUT2D eigenvalue weighted by molar-refractivity contribution is 6.31. The fourth-order valence-corrected chi connectivity index (χ4v) is 6.06. The first-order chi connectivity index (χ1) is 19.1. The van der Waals surface area contributed by atoms with Crippen molar-refractivity contribution >= 4 is 34.8 Å². The number of imidazole rings is 2. The number of alkyl halides is 1. The first-order valence-electron chi connectivity index (χ1n) is 13.5. The minimum Gasteiger partial charge on any atom is -0.342 e. The van der Waals surface area contributed by atoms with Gasteiger partial charge in [0.15, 0.2) is 5.69 Å². The van der Waals surface area contributed by atoms with E-state index >= 15 is 0 Å². The van der Waals surface area contributed by atoms with E-state index in [4.69, 9.17) is 28.2 Å². The van der Waals surface area contributed by atoms with Crippen molar-refractivity contribution in [2.24, 2.45) is 5.92 Å². The summed E-state index contributed by atoms with van der Waals surface area (Å²) < 4.78 is 2.21. The molecule has 2 aromatic carbocycles. The highest BCUT2D eigenvalue weighted by atomic mass is 35.5. The summed E-state index contributed by atoms with van der Waals surface area (Å²) in [5.74, 6) is 1.60. The SMILES string of the molecule is Cc1ncc(-c2cccc(-c3nc4c(n3C(C)C)C(C3=CC(C)C(Cl)C=C3)N(c3cc(Cl)ccc3C)C4=O)c2)[nH]1. The van der Waals surface area contributed by atoms with Gasteiger partial charge in [-0.05, 0) is 62.9 Å². The number of benzene rings is 2. The Kier molecular flexibility index (Phi) is 6.71. The van der Waals surface area contributed by atoms with Crippen LogP contribution in [-0.4, -0.2) is 30.8 Å². The molecule has 1 aliphatic heterocycles. The summed E-state index contributed by atoms with van der Waals surface area (Å²) in [6, 6.07) is 13.5. The van der Waals surface area contributed by atoms with Gasteiger partial charge in [-0.25, -0.2) is 9.97 Å². The van der Waals surface area contributed by atoms with Crippen LogP contribution in [-0.2, 0) is 0 Å². The smallest absolute Gasteiger partial charge is 0.279 e. The highest BCUT2D eigenvalue weighted by Gasteiger charge is 2.46. The minimum atomic E-state index is -0.371. The molecule has 3 unspecified atom stereocenters. The zero-order chi connectivity index (χ0) is 28.3. The van der Waals surface area contributed by atoms with Crippen LogP contribution in [0, 0.1) is 19.8 Å². The van der Waals surface area contributed by atoms with Gasteiger partial charge in [0.25, 0.3) is 5.91 Å². The molecule has 204 valence electrons. The van der Waals surface area contributed by atoms with Gasteiger partial charge in [0.05, 0.1) is 23.0 Å². The number of aromatic amines is 1. The quantitative estimate of drug-likeness (QED) is 0.245. The van der Waals surface area contributed by atoms with E-state index < -0.39 is 0 Å². The maximum atomic E-state index is 14.3. The van der Waals surface area contributed by atoms with Crippen LogP contribution < -0.4 is 4.90 Å². The summed E-state index contributed by atoms with van der Waals surface area (Å²) in [4.78, 5) is 28.8. The van der Waals surface area contributed by atoms with E-state index in [1.165, 1.54) is 0 Å². The number of aromatic nitrogens is 4. The lowest BCUT2D eigenvalue weighted by atomic mass is 9.91. The predicted molar refractivity (Wildman–Crippen MR) is 162 cm³/mol. The first kappa shape index (κ1) is 26.6. The first-order valence-corrected chi connectivity index (χ1v) is 14.3. The fraction of sp³-hybridized carbons (Fsp3) is 0.281. The molecule has 6 rings (SSSR count). The number of hydrogen-bond acceptors (Lipinski definition) is 3. The number of carbonyl (C=O) groups excluding carboxylic acids is 1. The molecule has 40 heavy (non-hydrogen) atoms. The van der Waals surface area contributed by atoms with Crippen LogP contribution in [0.3, 0.4) is 0 Å². The van der Waals surface area contributed by atoms with Crippen LogP contribution in [0.5, 0.6) is 0 Å². The topological polar surface area (TPSA) is 66.8 Å². The summed E-state index contributed by atoms with van der Waals surface area (Å²) in [6.07, 6.45) is 8.08. The number of fused-ring (bicyclic) bond motifs is 1. The summed E-state index contributed by atoms with van der Waals surface area (Å²) in [7, 11) is 0. The molecular formula is C32H31Cl2N5O. The lowest BCUT2D eigenvalue weighted by Gasteiger charge is -2.32. The van der Waals surface area contributed by atoms with Crippen molar-refractivity contribution in [3.8, 4) is 22.6 Å². The number of hydrogen-bond donors (Lipinski definition) is 1. The summed E-state index contributed by atoms with van der Waals surface area (Å²) in [5.41, 5.74) is 7.00. The second-order valence-electron chi connectivity index (χ2n) is 10.9. The molecule has 3 atom stereocenters. The van der Waals surface area contributed by atoms with Crippen LogP contribution in [0.1, 0.15) is 60.4 Å². The molecule has 1 aliphatic carbocycles. The second kappa shape index (κ2) is 10.1. The number of aryl methyl sites for hydroxylation is 2. The molecule has 0 fully saturated rings. The third-order valence-corrected chi connectivity index (χ3v) is 8.49. The number of allylic oxidation sites excluding steroid dienone is 2. The molecule has 4 aromatic rings. The molecule has 0 bridgehead atoms. The number of anilines is 1. The van der Waals surface area contributed by atoms with Gasteiger partial charge in [-0.1, -0.05) is 61.0 Å². The Labute approximate surface area is 244 Å². The van der Waals surface area contributed by atoms with Crippen molar-refractivity contribution in [3.05, 3.63) is 100 Å². The number of halogens is 2. The molecule has 1 N–H and O–H groups in total. The van der Waals surface area contributed by atoms with E-state index in [9.17, 15) is 4.79 Å². The Morgan fingerprint density at radius 3 is 2.55 bits per heavy atom. The predicted octanol–water partition coefficient (Wildman–Crippen LogP) is 8.23. The van der Waals surface area contributed by atoms with Gasteiger partial charge in [0.1, 0.15) is 17.7 Å². The molecule has 0 radical (unpaired) electrons. The number of H-pyrrole nitrogens is 1. The molecule has 0 saturated heterocycles. The largest absolute Gasteiger partial charge is 0.342 e. The maximum absolute atomic E-state index is 14.3. The number of nitrogens with zero attached hydrogens (tertiary/aromatic N) is 4. The minimum absolute atomic E-state index is 0.0476. The lowest BCUT2D eigenvalue weighted by Crippen LogP contribution is -2.32. The van der Waals surface area contributed by atoms with E-state index in [0.29, 0.717) is 10.7 Å². The summed E-state index contributed by atoms with van der Waals surface area (Å²) in [6.45, 7) is 10.3. The van der Waals surface area contributed by atoms with Crippen LogP contribution in [0.2, 0.25) is 5.02 Å². The van der Waals surface area contributed by atoms with Gasteiger partial charge in [-0.2, -0.15) is 0 Å². The van der Waals surface area contributed by atoms with E-state index in [1.54, 1.807) is 0 Å². The second-order valence-corrected chi connectivity index (χ2v) is 11.9. The van der Waals surface area contributed by atoms with E-state index in [2.05, 4.69) is 53.5 Å². The van der Waals surface area contributed by atoms with Gasteiger partial charge in [0.2, 0.25) is 0 Å². The van der Waals surface area contributed by atoms with Crippen LogP contribution >= 0.6 is 23.2 Å². The highest BCUT2D eigenvalue weighted by Crippen LogP contribution is 2.47. The Hall–Kier alpha value is -3.61. The van der Waals surface area contributed by atoms with Crippen molar-refractivity contribution in [3.63, 3.8) is 0 Å². The molecule has 8 heteroatoms. The number of amides is 1. The molecule has 3 heterocycles. The third kappa shape index (κ3) is 4.40. The van der Waals surface area contributed by atoms with Crippen LogP contribution in [0.25, 0.3) is 22.6 Å². The number of carbonyl (C=O) groups is 1. The summed E-state index contributed by atoms with van der Waals surface area (Å²) >= 11 is 13.0. The van der Waals surface area contributed by atoms with Crippen molar-refractivity contribution < 1.29 is 4.79 Å². The van der Waals surface area contributed by atoms with Gasteiger partial charge in [0, 0.05) is 27.9 Å².